The zero-order chi connectivity index (χ0) is 15.2. The Balaban J connectivity index is 2.11. The Hall–Kier alpha value is -1.50. The molecule has 118 valence electrons. The summed E-state index contributed by atoms with van der Waals surface area (Å²) in [6, 6.07) is 3.72. The largest absolute Gasteiger partial charge is 0.488 e. The van der Waals surface area contributed by atoms with Crippen molar-refractivity contribution in [3.8, 4) is 17.2 Å². The van der Waals surface area contributed by atoms with Gasteiger partial charge in [0.15, 0.2) is 11.5 Å². The van der Waals surface area contributed by atoms with E-state index in [0.717, 1.165) is 17.9 Å². The molecular formula is C15H23NO5. The second kappa shape index (κ2) is 7.49. The summed E-state index contributed by atoms with van der Waals surface area (Å²) in [5.41, 5.74) is 0.961. The van der Waals surface area contributed by atoms with E-state index in [0.29, 0.717) is 24.7 Å². The Labute approximate surface area is 125 Å². The van der Waals surface area contributed by atoms with Crippen LogP contribution in [0, 0.1) is 0 Å². The molecule has 0 spiro atoms. The Bertz CT molecular complexity index is 464. The summed E-state index contributed by atoms with van der Waals surface area (Å²) in [6.07, 6.45) is -0.854. The van der Waals surface area contributed by atoms with E-state index in [-0.39, 0.29) is 12.9 Å². The van der Waals surface area contributed by atoms with Crippen molar-refractivity contribution in [3.63, 3.8) is 0 Å². The number of ether oxygens (including phenoxy) is 4. The van der Waals surface area contributed by atoms with Crippen molar-refractivity contribution in [2.75, 3.05) is 27.1 Å². The van der Waals surface area contributed by atoms with Crippen LogP contribution in [0.2, 0.25) is 0 Å². The summed E-state index contributed by atoms with van der Waals surface area (Å²) in [5.74, 6) is 2.08. The monoisotopic (exact) mass is 297 g/mol. The summed E-state index contributed by atoms with van der Waals surface area (Å²) in [5, 5.41) is 12.9. The molecule has 21 heavy (non-hydrogen) atoms. The van der Waals surface area contributed by atoms with Gasteiger partial charge in [0.2, 0.25) is 6.79 Å². The summed E-state index contributed by atoms with van der Waals surface area (Å²) in [7, 11) is 1.67. The SMILES string of the molecule is COCCNCc1cc2c(cc1OC(C)C(C)O)OCO2. The molecule has 0 aliphatic carbocycles. The molecule has 2 unspecified atom stereocenters. The highest BCUT2D eigenvalue weighted by atomic mass is 16.7. The lowest BCUT2D eigenvalue weighted by molar-refractivity contribution is 0.0596. The topological polar surface area (TPSA) is 69.2 Å². The van der Waals surface area contributed by atoms with Gasteiger partial charge in [-0.3, -0.25) is 0 Å². The fraction of sp³-hybridized carbons (Fsp3) is 0.600. The van der Waals surface area contributed by atoms with Crippen molar-refractivity contribution in [1.82, 2.24) is 5.32 Å². The number of aliphatic hydroxyl groups is 1. The fourth-order valence-electron chi connectivity index (χ4n) is 1.91. The van der Waals surface area contributed by atoms with Crippen molar-refractivity contribution in [3.05, 3.63) is 17.7 Å². The van der Waals surface area contributed by atoms with Crippen LogP contribution in [-0.4, -0.2) is 44.4 Å². The first-order chi connectivity index (χ1) is 10.1. The summed E-state index contributed by atoms with van der Waals surface area (Å²) < 4.78 is 21.6. The molecule has 0 radical (unpaired) electrons. The van der Waals surface area contributed by atoms with Gasteiger partial charge in [-0.25, -0.2) is 0 Å². The number of rotatable bonds is 8. The van der Waals surface area contributed by atoms with Crippen molar-refractivity contribution in [2.45, 2.75) is 32.6 Å². The molecule has 1 aliphatic rings. The fourth-order valence-corrected chi connectivity index (χ4v) is 1.91. The zero-order valence-electron chi connectivity index (χ0n) is 12.7. The van der Waals surface area contributed by atoms with Gasteiger partial charge in [0.25, 0.3) is 0 Å². The van der Waals surface area contributed by atoms with Crippen LogP contribution >= 0.6 is 0 Å². The highest BCUT2D eigenvalue weighted by Gasteiger charge is 2.20. The summed E-state index contributed by atoms with van der Waals surface area (Å²) in [4.78, 5) is 0. The van der Waals surface area contributed by atoms with Crippen LogP contribution in [0.15, 0.2) is 12.1 Å². The van der Waals surface area contributed by atoms with E-state index in [1.807, 2.05) is 19.1 Å². The Morgan fingerprint density at radius 3 is 2.67 bits per heavy atom. The number of methoxy groups -OCH3 is 1. The Morgan fingerprint density at radius 2 is 2.00 bits per heavy atom. The van der Waals surface area contributed by atoms with E-state index in [4.69, 9.17) is 18.9 Å². The van der Waals surface area contributed by atoms with Gasteiger partial charge in [-0.1, -0.05) is 0 Å². The highest BCUT2D eigenvalue weighted by Crippen LogP contribution is 2.38. The number of hydrogen-bond acceptors (Lipinski definition) is 6. The predicted molar refractivity (Wildman–Crippen MR) is 77.9 cm³/mol. The van der Waals surface area contributed by atoms with Crippen molar-refractivity contribution in [1.29, 1.82) is 0 Å². The minimum atomic E-state index is -0.551. The number of fused-ring (bicyclic) bond motifs is 1. The van der Waals surface area contributed by atoms with Gasteiger partial charge in [0, 0.05) is 31.8 Å². The van der Waals surface area contributed by atoms with Crippen LogP contribution in [0.1, 0.15) is 19.4 Å². The quantitative estimate of drug-likeness (QED) is 0.705. The Kier molecular flexibility index (Phi) is 5.67. The van der Waals surface area contributed by atoms with Crippen LogP contribution in [0.5, 0.6) is 17.2 Å². The smallest absolute Gasteiger partial charge is 0.231 e. The molecule has 1 heterocycles. The maximum absolute atomic E-state index is 9.60. The molecule has 6 nitrogen and oxygen atoms in total. The lowest BCUT2D eigenvalue weighted by Crippen LogP contribution is -2.26. The first kappa shape index (κ1) is 15.9. The highest BCUT2D eigenvalue weighted by molar-refractivity contribution is 5.51. The molecule has 6 heteroatoms. The minimum Gasteiger partial charge on any atom is -0.488 e. The van der Waals surface area contributed by atoms with Crippen LogP contribution in [0.3, 0.4) is 0 Å². The Morgan fingerprint density at radius 1 is 1.29 bits per heavy atom. The molecule has 0 fully saturated rings. The molecule has 2 N–H and O–H groups in total. The van der Waals surface area contributed by atoms with E-state index in [1.54, 1.807) is 14.0 Å². The second-order valence-electron chi connectivity index (χ2n) is 5.05. The molecule has 0 saturated heterocycles. The van der Waals surface area contributed by atoms with Gasteiger partial charge in [-0.05, 0) is 19.9 Å². The molecular weight excluding hydrogens is 274 g/mol. The second-order valence-corrected chi connectivity index (χ2v) is 5.05. The van der Waals surface area contributed by atoms with Crippen LogP contribution in [0.25, 0.3) is 0 Å². The third-order valence-electron chi connectivity index (χ3n) is 3.35. The number of nitrogens with one attached hydrogen (secondary N) is 1. The molecule has 1 aliphatic heterocycles. The molecule has 1 aromatic carbocycles. The van der Waals surface area contributed by atoms with E-state index >= 15 is 0 Å². The molecule has 1 aromatic rings. The molecule has 2 atom stereocenters. The van der Waals surface area contributed by atoms with Crippen molar-refractivity contribution in [2.24, 2.45) is 0 Å². The zero-order valence-corrected chi connectivity index (χ0v) is 12.7. The maximum Gasteiger partial charge on any atom is 0.231 e. The van der Waals surface area contributed by atoms with Gasteiger partial charge in [-0.15, -0.1) is 0 Å². The van der Waals surface area contributed by atoms with Crippen LogP contribution in [-0.2, 0) is 11.3 Å². The van der Waals surface area contributed by atoms with E-state index in [1.165, 1.54) is 0 Å². The first-order valence-corrected chi connectivity index (χ1v) is 7.08. The van der Waals surface area contributed by atoms with Crippen molar-refractivity contribution < 1.29 is 24.1 Å². The average Bonchev–Trinajstić information content (AvgIpc) is 2.90. The summed E-state index contributed by atoms with van der Waals surface area (Å²) >= 11 is 0. The first-order valence-electron chi connectivity index (χ1n) is 7.08. The number of aliphatic hydroxyl groups excluding tert-OH is 1. The van der Waals surface area contributed by atoms with Gasteiger partial charge in [0.05, 0.1) is 12.7 Å². The van der Waals surface area contributed by atoms with Gasteiger partial charge < -0.3 is 29.4 Å². The molecule has 0 amide bonds. The molecule has 2 rings (SSSR count). The van der Waals surface area contributed by atoms with E-state index in [9.17, 15) is 5.11 Å². The van der Waals surface area contributed by atoms with Crippen LogP contribution < -0.4 is 19.5 Å². The average molecular weight is 297 g/mol. The van der Waals surface area contributed by atoms with E-state index in [2.05, 4.69) is 5.32 Å². The lowest BCUT2D eigenvalue weighted by atomic mass is 10.1. The molecule has 0 bridgehead atoms. The van der Waals surface area contributed by atoms with Gasteiger partial charge in [-0.2, -0.15) is 0 Å². The van der Waals surface area contributed by atoms with E-state index < -0.39 is 6.10 Å². The van der Waals surface area contributed by atoms with Gasteiger partial charge in [0.1, 0.15) is 11.9 Å². The molecule has 0 aromatic heterocycles. The third kappa shape index (κ3) is 4.23. The normalized spacial score (nSPS) is 15.8. The molecule has 0 saturated carbocycles. The van der Waals surface area contributed by atoms with Gasteiger partial charge >= 0.3 is 0 Å². The standard InChI is InChI=1S/C15H23NO5/c1-10(17)11(2)21-13-7-15-14(19-9-20-15)6-12(13)8-16-4-5-18-3/h6-7,10-11,16-17H,4-5,8-9H2,1-3H3. The van der Waals surface area contributed by atoms with Crippen molar-refractivity contribution >= 4 is 0 Å². The minimum absolute atomic E-state index is 0.223. The number of benzene rings is 1. The maximum atomic E-state index is 9.60. The number of hydrogen-bond donors (Lipinski definition) is 2. The summed E-state index contributed by atoms with van der Waals surface area (Å²) in [6.45, 7) is 5.77. The van der Waals surface area contributed by atoms with Crippen LogP contribution in [0.4, 0.5) is 0 Å². The third-order valence-corrected chi connectivity index (χ3v) is 3.35. The predicted octanol–water partition coefficient (Wildman–Crippen LogP) is 1.30. The lowest BCUT2D eigenvalue weighted by Gasteiger charge is -2.20.